The zero-order valence-corrected chi connectivity index (χ0v) is 16.1. The van der Waals surface area contributed by atoms with Crippen LogP contribution in [0.1, 0.15) is 5.56 Å². The van der Waals surface area contributed by atoms with Crippen molar-refractivity contribution in [1.29, 1.82) is 0 Å². The Morgan fingerprint density at radius 3 is 2.83 bits per heavy atom. The molecule has 0 unspecified atom stereocenters. The maximum atomic E-state index is 5.45. The van der Waals surface area contributed by atoms with Crippen LogP contribution >= 0.6 is 33.9 Å². The summed E-state index contributed by atoms with van der Waals surface area (Å²) in [6.45, 7) is 5.33. The number of morpholine rings is 1. The molecule has 6 nitrogen and oxygen atoms in total. The lowest BCUT2D eigenvalue weighted by Gasteiger charge is -2.26. The molecule has 3 heterocycles. The van der Waals surface area contributed by atoms with Gasteiger partial charge in [-0.3, -0.25) is 0 Å². The van der Waals surface area contributed by atoms with Crippen molar-refractivity contribution in [2.24, 2.45) is 0 Å². The fourth-order valence-electron chi connectivity index (χ4n) is 2.67. The van der Waals surface area contributed by atoms with Crippen molar-refractivity contribution in [3.63, 3.8) is 0 Å². The fraction of sp³-hybridized carbons (Fsp3) is 0.312. The van der Waals surface area contributed by atoms with E-state index in [9.17, 15) is 0 Å². The molecule has 1 saturated heterocycles. The summed E-state index contributed by atoms with van der Waals surface area (Å²) in [5, 5.41) is 9.14. The predicted molar refractivity (Wildman–Crippen MR) is 103 cm³/mol. The van der Waals surface area contributed by atoms with Gasteiger partial charge in [0.25, 0.3) is 0 Å². The van der Waals surface area contributed by atoms with Crippen LogP contribution in [0.3, 0.4) is 0 Å². The van der Waals surface area contributed by atoms with Crippen LogP contribution in [0.2, 0.25) is 0 Å². The first-order chi connectivity index (χ1) is 11.7. The van der Waals surface area contributed by atoms with Crippen LogP contribution in [-0.4, -0.2) is 46.5 Å². The number of halogens is 1. The van der Waals surface area contributed by atoms with Gasteiger partial charge in [0.2, 0.25) is 0 Å². The first-order valence-corrected chi connectivity index (χ1v) is 9.58. The number of hydrogen-bond acceptors (Lipinski definition) is 6. The molecule has 0 bridgehead atoms. The van der Waals surface area contributed by atoms with E-state index in [1.54, 1.807) is 17.7 Å². The molecular formula is C16H16IN5OS. The standard InChI is InChI=1S/C16H16IN5OS/c1-10-2-3-11(12(17)8-10)13-14(15-18-9-19-21-15)24-16(20-13)22-4-6-23-7-5-22/h2-3,8-9H,4-7H2,1H3,(H,18,19,21). The number of thiazole rings is 1. The van der Waals surface area contributed by atoms with Crippen molar-refractivity contribution >= 4 is 39.1 Å². The second-order valence-corrected chi connectivity index (χ2v) is 7.73. The van der Waals surface area contributed by atoms with Crippen molar-refractivity contribution in [3.8, 4) is 22.0 Å². The number of benzene rings is 1. The SMILES string of the molecule is Cc1ccc(-c2nc(N3CCOCC3)sc2-c2nnc[nH]2)c(I)c1. The van der Waals surface area contributed by atoms with Gasteiger partial charge in [0.1, 0.15) is 11.2 Å². The highest BCUT2D eigenvalue weighted by atomic mass is 127. The second-order valence-electron chi connectivity index (χ2n) is 5.59. The topological polar surface area (TPSA) is 66.9 Å². The third kappa shape index (κ3) is 3.05. The summed E-state index contributed by atoms with van der Waals surface area (Å²) < 4.78 is 6.64. The first-order valence-electron chi connectivity index (χ1n) is 7.69. The summed E-state index contributed by atoms with van der Waals surface area (Å²) in [7, 11) is 0. The molecule has 1 aliphatic heterocycles. The number of H-pyrrole nitrogens is 1. The molecule has 1 N–H and O–H groups in total. The lowest BCUT2D eigenvalue weighted by molar-refractivity contribution is 0.122. The van der Waals surface area contributed by atoms with E-state index in [0.717, 1.165) is 53.4 Å². The number of aromatic amines is 1. The number of hydrogen-bond donors (Lipinski definition) is 1. The Morgan fingerprint density at radius 1 is 1.29 bits per heavy atom. The van der Waals surface area contributed by atoms with Crippen LogP contribution in [0, 0.1) is 10.5 Å². The molecule has 4 rings (SSSR count). The summed E-state index contributed by atoms with van der Waals surface area (Å²) in [5.74, 6) is 0.762. The van der Waals surface area contributed by atoms with E-state index in [4.69, 9.17) is 9.72 Å². The van der Waals surface area contributed by atoms with Gasteiger partial charge in [-0.1, -0.05) is 29.0 Å². The predicted octanol–water partition coefficient (Wildman–Crippen LogP) is 3.34. The molecule has 0 saturated carbocycles. The van der Waals surface area contributed by atoms with Crippen LogP contribution in [-0.2, 0) is 4.74 Å². The minimum absolute atomic E-state index is 0.745. The van der Waals surface area contributed by atoms with Crippen LogP contribution in [0.25, 0.3) is 22.0 Å². The number of aryl methyl sites for hydroxylation is 1. The summed E-state index contributed by atoms with van der Waals surface area (Å²) in [6, 6.07) is 6.43. The summed E-state index contributed by atoms with van der Waals surface area (Å²) in [6.07, 6.45) is 1.60. The molecule has 124 valence electrons. The summed E-state index contributed by atoms with van der Waals surface area (Å²) >= 11 is 4.03. The zero-order valence-electron chi connectivity index (χ0n) is 13.1. The van der Waals surface area contributed by atoms with Crippen LogP contribution in [0.15, 0.2) is 24.5 Å². The molecule has 0 atom stereocenters. The number of nitrogens with one attached hydrogen (secondary N) is 1. The van der Waals surface area contributed by atoms with Gasteiger partial charge in [-0.05, 0) is 35.6 Å². The maximum absolute atomic E-state index is 5.45. The molecular weight excluding hydrogens is 437 g/mol. The van der Waals surface area contributed by atoms with Gasteiger partial charge in [-0.25, -0.2) is 4.98 Å². The minimum atomic E-state index is 0.745. The number of rotatable bonds is 3. The Hall–Kier alpha value is -1.52. The third-order valence-electron chi connectivity index (χ3n) is 3.91. The van der Waals surface area contributed by atoms with E-state index >= 15 is 0 Å². The molecule has 0 amide bonds. The van der Waals surface area contributed by atoms with Crippen LogP contribution in [0.5, 0.6) is 0 Å². The van der Waals surface area contributed by atoms with E-state index < -0.39 is 0 Å². The maximum Gasteiger partial charge on any atom is 0.186 e. The van der Waals surface area contributed by atoms with Crippen molar-refractivity contribution in [3.05, 3.63) is 33.7 Å². The highest BCUT2D eigenvalue weighted by molar-refractivity contribution is 14.1. The first kappa shape index (κ1) is 16.0. The lowest BCUT2D eigenvalue weighted by atomic mass is 10.1. The monoisotopic (exact) mass is 453 g/mol. The molecule has 24 heavy (non-hydrogen) atoms. The highest BCUT2D eigenvalue weighted by Crippen LogP contribution is 2.40. The van der Waals surface area contributed by atoms with E-state index in [0.29, 0.717) is 0 Å². The second kappa shape index (κ2) is 6.77. The molecule has 1 aromatic carbocycles. The molecule has 8 heteroatoms. The number of nitrogens with zero attached hydrogens (tertiary/aromatic N) is 4. The van der Waals surface area contributed by atoms with Gasteiger partial charge in [0, 0.05) is 22.2 Å². The Kier molecular flexibility index (Phi) is 4.51. The van der Waals surface area contributed by atoms with Gasteiger partial charge >= 0.3 is 0 Å². The van der Waals surface area contributed by atoms with E-state index in [2.05, 4.69) is 67.8 Å². The van der Waals surface area contributed by atoms with Crippen molar-refractivity contribution < 1.29 is 4.74 Å². The zero-order chi connectivity index (χ0) is 16.5. The van der Waals surface area contributed by atoms with E-state index in [-0.39, 0.29) is 0 Å². The Balaban J connectivity index is 1.83. The average molecular weight is 453 g/mol. The van der Waals surface area contributed by atoms with Gasteiger partial charge in [0.15, 0.2) is 11.0 Å². The fourth-order valence-corrected chi connectivity index (χ4v) is 4.68. The molecule has 0 spiro atoms. The minimum Gasteiger partial charge on any atom is -0.378 e. The van der Waals surface area contributed by atoms with Crippen molar-refractivity contribution in [2.45, 2.75) is 6.92 Å². The van der Waals surface area contributed by atoms with Crippen molar-refractivity contribution in [1.82, 2.24) is 20.2 Å². The van der Waals surface area contributed by atoms with Crippen LogP contribution < -0.4 is 4.90 Å². The normalized spacial score (nSPS) is 15.0. The van der Waals surface area contributed by atoms with Crippen LogP contribution in [0.4, 0.5) is 5.13 Å². The summed E-state index contributed by atoms with van der Waals surface area (Å²) in [4.78, 5) is 11.4. The van der Waals surface area contributed by atoms with Gasteiger partial charge in [0.05, 0.1) is 18.9 Å². The average Bonchev–Trinajstić information content (AvgIpc) is 3.25. The number of ether oxygens (including phenoxy) is 1. The molecule has 2 aromatic heterocycles. The third-order valence-corrected chi connectivity index (χ3v) is 5.92. The van der Waals surface area contributed by atoms with Crippen molar-refractivity contribution in [2.75, 3.05) is 31.2 Å². The Labute approximate surface area is 157 Å². The van der Waals surface area contributed by atoms with Gasteiger partial charge in [-0.2, -0.15) is 0 Å². The quantitative estimate of drug-likeness (QED) is 0.617. The highest BCUT2D eigenvalue weighted by Gasteiger charge is 2.22. The lowest BCUT2D eigenvalue weighted by Crippen LogP contribution is -2.36. The molecule has 3 aromatic rings. The van der Waals surface area contributed by atoms with Gasteiger partial charge < -0.3 is 14.6 Å². The molecule has 0 aliphatic carbocycles. The van der Waals surface area contributed by atoms with E-state index in [1.807, 2.05) is 0 Å². The molecule has 1 fully saturated rings. The Morgan fingerprint density at radius 2 is 2.12 bits per heavy atom. The number of aromatic nitrogens is 4. The molecule has 1 aliphatic rings. The van der Waals surface area contributed by atoms with E-state index in [1.165, 1.54) is 9.13 Å². The number of anilines is 1. The molecule has 0 radical (unpaired) electrons. The Bertz CT molecular complexity index is 842. The largest absolute Gasteiger partial charge is 0.378 e. The summed E-state index contributed by atoms with van der Waals surface area (Å²) in [5.41, 5.74) is 3.33. The van der Waals surface area contributed by atoms with Gasteiger partial charge in [-0.15, -0.1) is 10.2 Å². The smallest absolute Gasteiger partial charge is 0.186 e.